The topological polar surface area (TPSA) is 69.6 Å². The summed E-state index contributed by atoms with van der Waals surface area (Å²) >= 11 is 0. The molecule has 23 heavy (non-hydrogen) atoms. The molecule has 0 bridgehead atoms. The molecule has 0 spiro atoms. The molecule has 2 amide bonds. The van der Waals surface area contributed by atoms with Gasteiger partial charge in [-0.2, -0.15) is 0 Å². The summed E-state index contributed by atoms with van der Waals surface area (Å²) in [7, 11) is 0. The number of aliphatic carboxylic acids is 1. The SMILES string of the molecule is CC1CC(C(=O)O)CN(C(=O)NC2CCc3c(F)cccc32)C1. The van der Waals surface area contributed by atoms with Gasteiger partial charge in [0.05, 0.1) is 12.0 Å². The number of nitrogens with zero attached hydrogens (tertiary/aromatic N) is 1. The first kappa shape index (κ1) is 15.8. The van der Waals surface area contributed by atoms with Crippen LogP contribution in [0.3, 0.4) is 0 Å². The Morgan fingerprint density at radius 1 is 1.35 bits per heavy atom. The van der Waals surface area contributed by atoms with E-state index in [0.29, 0.717) is 31.4 Å². The number of halogens is 1. The highest BCUT2D eigenvalue weighted by atomic mass is 19.1. The van der Waals surface area contributed by atoms with E-state index in [2.05, 4.69) is 5.32 Å². The summed E-state index contributed by atoms with van der Waals surface area (Å²) in [5, 5.41) is 12.1. The van der Waals surface area contributed by atoms with Crippen LogP contribution < -0.4 is 5.32 Å². The Morgan fingerprint density at radius 2 is 2.13 bits per heavy atom. The van der Waals surface area contributed by atoms with E-state index in [1.807, 2.05) is 13.0 Å². The van der Waals surface area contributed by atoms with Crippen LogP contribution in [0.1, 0.15) is 36.9 Å². The van der Waals surface area contributed by atoms with Gasteiger partial charge in [-0.25, -0.2) is 9.18 Å². The fraction of sp³-hybridized carbons (Fsp3) is 0.529. The summed E-state index contributed by atoms with van der Waals surface area (Å²) in [5.41, 5.74) is 1.51. The van der Waals surface area contributed by atoms with Crippen molar-refractivity contribution in [3.63, 3.8) is 0 Å². The van der Waals surface area contributed by atoms with E-state index in [1.165, 1.54) is 6.07 Å². The summed E-state index contributed by atoms with van der Waals surface area (Å²) in [6.07, 6.45) is 1.88. The molecule has 1 aromatic rings. The lowest BCUT2D eigenvalue weighted by Gasteiger charge is -2.35. The second-order valence-corrected chi connectivity index (χ2v) is 6.63. The monoisotopic (exact) mass is 320 g/mol. The molecule has 3 atom stereocenters. The predicted octanol–water partition coefficient (Wildman–Crippen LogP) is 2.57. The minimum atomic E-state index is -0.859. The highest BCUT2D eigenvalue weighted by molar-refractivity contribution is 5.77. The molecule has 1 aromatic carbocycles. The second kappa shape index (κ2) is 6.18. The molecule has 0 aromatic heterocycles. The Labute approximate surface area is 134 Å². The minimum absolute atomic E-state index is 0.156. The van der Waals surface area contributed by atoms with Crippen LogP contribution in [0.2, 0.25) is 0 Å². The van der Waals surface area contributed by atoms with Gasteiger partial charge in [-0.3, -0.25) is 4.79 Å². The lowest BCUT2D eigenvalue weighted by atomic mass is 9.91. The number of fused-ring (bicyclic) bond motifs is 1. The van der Waals surface area contributed by atoms with Gasteiger partial charge in [0.25, 0.3) is 0 Å². The van der Waals surface area contributed by atoms with Crippen LogP contribution >= 0.6 is 0 Å². The zero-order valence-electron chi connectivity index (χ0n) is 13.1. The Bertz CT molecular complexity index is 634. The number of carboxylic acid groups (broad SMARTS) is 1. The van der Waals surface area contributed by atoms with Gasteiger partial charge in [-0.15, -0.1) is 0 Å². The van der Waals surface area contributed by atoms with Crippen LogP contribution in [-0.2, 0) is 11.2 Å². The van der Waals surface area contributed by atoms with Crippen LogP contribution in [0.15, 0.2) is 18.2 Å². The number of carboxylic acids is 1. The number of likely N-dealkylation sites (tertiary alicyclic amines) is 1. The summed E-state index contributed by atoms with van der Waals surface area (Å²) in [4.78, 5) is 25.3. The van der Waals surface area contributed by atoms with E-state index >= 15 is 0 Å². The van der Waals surface area contributed by atoms with Crippen molar-refractivity contribution >= 4 is 12.0 Å². The summed E-state index contributed by atoms with van der Waals surface area (Å²) in [6, 6.07) is 4.48. The molecule has 5 nitrogen and oxygen atoms in total. The molecule has 2 aliphatic rings. The van der Waals surface area contributed by atoms with Crippen molar-refractivity contribution in [1.29, 1.82) is 0 Å². The number of carbonyl (C=O) groups is 2. The Balaban J connectivity index is 1.69. The predicted molar refractivity (Wildman–Crippen MR) is 82.5 cm³/mol. The first-order valence-corrected chi connectivity index (χ1v) is 8.01. The number of amides is 2. The van der Waals surface area contributed by atoms with E-state index < -0.39 is 11.9 Å². The zero-order chi connectivity index (χ0) is 16.6. The third-order valence-corrected chi connectivity index (χ3v) is 4.81. The maximum absolute atomic E-state index is 13.8. The van der Waals surface area contributed by atoms with E-state index in [0.717, 1.165) is 5.56 Å². The molecule has 0 saturated carbocycles. The Kier molecular flexibility index (Phi) is 4.24. The van der Waals surface area contributed by atoms with Crippen molar-refractivity contribution in [1.82, 2.24) is 10.2 Å². The van der Waals surface area contributed by atoms with Crippen molar-refractivity contribution in [2.24, 2.45) is 11.8 Å². The molecule has 0 radical (unpaired) electrons. The van der Waals surface area contributed by atoms with Crippen molar-refractivity contribution in [3.05, 3.63) is 35.1 Å². The second-order valence-electron chi connectivity index (χ2n) is 6.63. The number of urea groups is 1. The first-order valence-electron chi connectivity index (χ1n) is 8.01. The highest BCUT2D eigenvalue weighted by Gasteiger charge is 2.34. The standard InChI is InChI=1S/C17H21FN2O3/c1-10-7-11(16(21)22)9-20(8-10)17(23)19-15-6-5-12-13(15)3-2-4-14(12)18/h2-4,10-11,15H,5-9H2,1H3,(H,19,23)(H,21,22). The van der Waals surface area contributed by atoms with Crippen LogP contribution in [0, 0.1) is 17.7 Å². The van der Waals surface area contributed by atoms with Crippen molar-refractivity contribution in [2.75, 3.05) is 13.1 Å². The Hall–Kier alpha value is -2.11. The normalized spacial score (nSPS) is 26.7. The number of hydrogen-bond acceptors (Lipinski definition) is 2. The molecule has 3 rings (SSSR count). The summed E-state index contributed by atoms with van der Waals surface area (Å²) < 4.78 is 13.8. The average Bonchev–Trinajstić information content (AvgIpc) is 2.91. The van der Waals surface area contributed by atoms with Crippen LogP contribution in [0.4, 0.5) is 9.18 Å². The van der Waals surface area contributed by atoms with Crippen LogP contribution in [0.5, 0.6) is 0 Å². The quantitative estimate of drug-likeness (QED) is 0.880. The molecule has 3 unspecified atom stereocenters. The lowest BCUT2D eigenvalue weighted by molar-refractivity contribution is -0.143. The molecule has 2 N–H and O–H groups in total. The summed E-state index contributed by atoms with van der Waals surface area (Å²) in [6.45, 7) is 2.74. The maximum atomic E-state index is 13.8. The molecular formula is C17H21FN2O3. The molecular weight excluding hydrogens is 299 g/mol. The van der Waals surface area contributed by atoms with E-state index in [1.54, 1.807) is 11.0 Å². The molecule has 124 valence electrons. The molecule has 1 aliphatic heterocycles. The number of benzene rings is 1. The fourth-order valence-corrected chi connectivity index (χ4v) is 3.70. The maximum Gasteiger partial charge on any atom is 0.317 e. The van der Waals surface area contributed by atoms with E-state index in [9.17, 15) is 19.1 Å². The van der Waals surface area contributed by atoms with Crippen molar-refractivity contribution < 1.29 is 19.1 Å². The summed E-state index contributed by atoms with van der Waals surface area (Å²) in [5.74, 6) is -1.44. The highest BCUT2D eigenvalue weighted by Crippen LogP contribution is 2.33. The Morgan fingerprint density at radius 3 is 2.87 bits per heavy atom. The van der Waals surface area contributed by atoms with Gasteiger partial charge >= 0.3 is 12.0 Å². The number of piperidine rings is 1. The van der Waals surface area contributed by atoms with Crippen LogP contribution in [-0.4, -0.2) is 35.1 Å². The largest absolute Gasteiger partial charge is 0.481 e. The zero-order valence-corrected chi connectivity index (χ0v) is 13.1. The van der Waals surface area contributed by atoms with Gasteiger partial charge in [0.15, 0.2) is 0 Å². The fourth-order valence-electron chi connectivity index (χ4n) is 3.70. The molecule has 1 heterocycles. The first-order chi connectivity index (χ1) is 11.0. The van der Waals surface area contributed by atoms with Gasteiger partial charge in [-0.1, -0.05) is 19.1 Å². The lowest BCUT2D eigenvalue weighted by Crippen LogP contribution is -2.50. The number of nitrogens with one attached hydrogen (secondary N) is 1. The van der Waals surface area contributed by atoms with Gasteiger partial charge < -0.3 is 15.3 Å². The van der Waals surface area contributed by atoms with Gasteiger partial charge in [-0.05, 0) is 42.4 Å². The molecule has 1 saturated heterocycles. The third kappa shape index (κ3) is 3.16. The van der Waals surface area contributed by atoms with E-state index in [4.69, 9.17) is 0 Å². The number of carbonyl (C=O) groups excluding carboxylic acids is 1. The van der Waals surface area contributed by atoms with Gasteiger partial charge in [0.1, 0.15) is 5.82 Å². The van der Waals surface area contributed by atoms with Crippen molar-refractivity contribution in [2.45, 2.75) is 32.2 Å². The van der Waals surface area contributed by atoms with Crippen molar-refractivity contribution in [3.8, 4) is 0 Å². The van der Waals surface area contributed by atoms with Gasteiger partial charge in [0, 0.05) is 13.1 Å². The average molecular weight is 320 g/mol. The number of hydrogen-bond donors (Lipinski definition) is 2. The van der Waals surface area contributed by atoms with Gasteiger partial charge in [0.2, 0.25) is 0 Å². The minimum Gasteiger partial charge on any atom is -0.481 e. The number of rotatable bonds is 2. The third-order valence-electron chi connectivity index (χ3n) is 4.81. The molecule has 6 heteroatoms. The smallest absolute Gasteiger partial charge is 0.317 e. The van der Waals surface area contributed by atoms with Crippen LogP contribution in [0.25, 0.3) is 0 Å². The van der Waals surface area contributed by atoms with E-state index in [-0.39, 0.29) is 30.4 Å². The molecule has 1 fully saturated rings. The molecule has 1 aliphatic carbocycles.